The van der Waals surface area contributed by atoms with Crippen molar-refractivity contribution >= 4 is 32.4 Å². The van der Waals surface area contributed by atoms with Gasteiger partial charge in [0.15, 0.2) is 5.13 Å². The highest BCUT2D eigenvalue weighted by Crippen LogP contribution is 2.33. The second-order valence-corrected chi connectivity index (χ2v) is 6.11. The van der Waals surface area contributed by atoms with Gasteiger partial charge in [0, 0.05) is 15.8 Å². The molecule has 0 unspecified atom stereocenters. The number of rotatable bonds is 2. The number of anilines is 1. The summed E-state index contributed by atoms with van der Waals surface area (Å²) in [7, 11) is 0. The SMILES string of the molecule is Cc1nc(N)sc1Cc1cc(Br)cc(C(F)(F)F)c1. The average molecular weight is 351 g/mol. The Morgan fingerprint density at radius 2 is 2.00 bits per heavy atom. The Morgan fingerprint density at radius 3 is 2.53 bits per heavy atom. The summed E-state index contributed by atoms with van der Waals surface area (Å²) in [6, 6.07) is 3.89. The van der Waals surface area contributed by atoms with Gasteiger partial charge < -0.3 is 5.73 Å². The lowest BCUT2D eigenvalue weighted by Crippen LogP contribution is -2.05. The van der Waals surface area contributed by atoms with Gasteiger partial charge in [-0.15, -0.1) is 11.3 Å². The predicted octanol–water partition coefficient (Wildman–Crippen LogP) is 4.41. The predicted molar refractivity (Wildman–Crippen MR) is 73.2 cm³/mol. The van der Waals surface area contributed by atoms with E-state index < -0.39 is 11.7 Å². The zero-order valence-corrected chi connectivity index (χ0v) is 12.3. The molecule has 1 heterocycles. The Kier molecular flexibility index (Phi) is 3.87. The van der Waals surface area contributed by atoms with E-state index in [-0.39, 0.29) is 0 Å². The van der Waals surface area contributed by atoms with Crippen LogP contribution in [0.2, 0.25) is 0 Å². The number of nitrogens with zero attached hydrogens (tertiary/aromatic N) is 1. The number of benzene rings is 1. The van der Waals surface area contributed by atoms with Crippen LogP contribution in [0.25, 0.3) is 0 Å². The maximum absolute atomic E-state index is 12.7. The van der Waals surface area contributed by atoms with E-state index in [9.17, 15) is 13.2 Å². The lowest BCUT2D eigenvalue weighted by atomic mass is 10.1. The first-order chi connectivity index (χ1) is 8.75. The smallest absolute Gasteiger partial charge is 0.375 e. The van der Waals surface area contributed by atoms with Crippen molar-refractivity contribution < 1.29 is 13.2 Å². The Labute approximate surface area is 120 Å². The Hall–Kier alpha value is -1.08. The summed E-state index contributed by atoms with van der Waals surface area (Å²) in [5.74, 6) is 0. The van der Waals surface area contributed by atoms with Crippen molar-refractivity contribution in [2.45, 2.75) is 19.5 Å². The molecule has 2 rings (SSSR count). The molecule has 1 aromatic heterocycles. The van der Waals surface area contributed by atoms with Gasteiger partial charge in [0.25, 0.3) is 0 Å². The van der Waals surface area contributed by atoms with Crippen LogP contribution >= 0.6 is 27.3 Å². The third-order valence-electron chi connectivity index (χ3n) is 2.56. The van der Waals surface area contributed by atoms with Gasteiger partial charge in [-0.2, -0.15) is 13.2 Å². The molecule has 102 valence electrons. The molecule has 2 N–H and O–H groups in total. The van der Waals surface area contributed by atoms with Crippen LogP contribution in [0.5, 0.6) is 0 Å². The van der Waals surface area contributed by atoms with Crippen molar-refractivity contribution in [3.63, 3.8) is 0 Å². The summed E-state index contributed by atoms with van der Waals surface area (Å²) in [5.41, 5.74) is 6.26. The number of alkyl halides is 3. The molecule has 7 heteroatoms. The largest absolute Gasteiger partial charge is 0.416 e. The number of thiazole rings is 1. The van der Waals surface area contributed by atoms with Crippen LogP contribution in [-0.2, 0) is 12.6 Å². The zero-order valence-electron chi connectivity index (χ0n) is 9.88. The van der Waals surface area contributed by atoms with Crippen molar-refractivity contribution in [3.05, 3.63) is 44.4 Å². The zero-order chi connectivity index (χ0) is 14.2. The fourth-order valence-electron chi connectivity index (χ4n) is 1.72. The van der Waals surface area contributed by atoms with Gasteiger partial charge in [0.05, 0.1) is 11.3 Å². The van der Waals surface area contributed by atoms with Crippen LogP contribution in [0.1, 0.15) is 21.7 Å². The summed E-state index contributed by atoms with van der Waals surface area (Å²) in [5, 5.41) is 0.429. The van der Waals surface area contributed by atoms with Gasteiger partial charge in [0.2, 0.25) is 0 Å². The van der Waals surface area contributed by atoms with E-state index in [0.29, 0.717) is 21.6 Å². The maximum Gasteiger partial charge on any atom is 0.416 e. The van der Waals surface area contributed by atoms with E-state index in [1.54, 1.807) is 13.0 Å². The molecule has 1 aromatic carbocycles. The lowest BCUT2D eigenvalue weighted by molar-refractivity contribution is -0.137. The molecule has 0 aliphatic carbocycles. The molecule has 0 atom stereocenters. The number of nitrogen functional groups attached to an aromatic ring is 1. The van der Waals surface area contributed by atoms with E-state index >= 15 is 0 Å². The third kappa shape index (κ3) is 3.48. The molecule has 0 fully saturated rings. The van der Waals surface area contributed by atoms with Crippen molar-refractivity contribution in [1.29, 1.82) is 0 Å². The first-order valence-corrected chi connectivity index (χ1v) is 6.95. The Bertz CT molecular complexity index is 608. The molecule has 0 saturated carbocycles. The number of halogens is 4. The standard InChI is InChI=1S/C12H10BrF3N2S/c1-6-10(19-11(17)18-6)4-7-2-8(12(14,15)16)5-9(13)3-7/h2-3,5H,4H2,1H3,(H2,17,18). The highest BCUT2D eigenvalue weighted by molar-refractivity contribution is 9.10. The van der Waals surface area contributed by atoms with Gasteiger partial charge >= 0.3 is 6.18 Å². The van der Waals surface area contributed by atoms with Crippen LogP contribution < -0.4 is 5.73 Å². The number of hydrogen-bond donors (Lipinski definition) is 1. The molecule has 0 spiro atoms. The van der Waals surface area contributed by atoms with Gasteiger partial charge in [-0.1, -0.05) is 15.9 Å². The summed E-state index contributed by atoms with van der Waals surface area (Å²) in [6.45, 7) is 1.80. The first-order valence-electron chi connectivity index (χ1n) is 5.34. The topological polar surface area (TPSA) is 38.9 Å². The molecule has 0 radical (unpaired) electrons. The van der Waals surface area contributed by atoms with E-state index in [4.69, 9.17) is 5.73 Å². The van der Waals surface area contributed by atoms with Crippen LogP contribution in [0.4, 0.5) is 18.3 Å². The van der Waals surface area contributed by atoms with E-state index in [1.165, 1.54) is 11.3 Å². The number of aryl methyl sites for hydroxylation is 1. The van der Waals surface area contributed by atoms with E-state index in [1.807, 2.05) is 0 Å². The van der Waals surface area contributed by atoms with Crippen molar-refractivity contribution in [2.75, 3.05) is 5.73 Å². The summed E-state index contributed by atoms with van der Waals surface area (Å²) in [4.78, 5) is 4.94. The van der Waals surface area contributed by atoms with Crippen LogP contribution in [0, 0.1) is 6.92 Å². The first kappa shape index (κ1) is 14.3. The van der Waals surface area contributed by atoms with Crippen LogP contribution in [0.15, 0.2) is 22.7 Å². The minimum absolute atomic E-state index is 0.392. The molecule has 0 amide bonds. The van der Waals surface area contributed by atoms with Gasteiger partial charge in [-0.05, 0) is 30.7 Å². The molecular formula is C12H10BrF3N2S. The highest BCUT2D eigenvalue weighted by Gasteiger charge is 2.31. The minimum atomic E-state index is -4.35. The second-order valence-electron chi connectivity index (χ2n) is 4.08. The van der Waals surface area contributed by atoms with Gasteiger partial charge in [-0.25, -0.2) is 4.98 Å². The summed E-state index contributed by atoms with van der Waals surface area (Å²) >= 11 is 4.40. The highest BCUT2D eigenvalue weighted by atomic mass is 79.9. The average Bonchev–Trinajstić information content (AvgIpc) is 2.55. The van der Waals surface area contributed by atoms with Gasteiger partial charge in [-0.3, -0.25) is 0 Å². The maximum atomic E-state index is 12.7. The normalized spacial score (nSPS) is 11.8. The molecule has 0 saturated heterocycles. The number of nitrogens with two attached hydrogens (primary N) is 1. The second kappa shape index (κ2) is 5.13. The fraction of sp³-hybridized carbons (Fsp3) is 0.250. The molecule has 2 aromatic rings. The lowest BCUT2D eigenvalue weighted by Gasteiger charge is -2.09. The van der Waals surface area contributed by atoms with Crippen molar-refractivity contribution in [1.82, 2.24) is 4.98 Å². The van der Waals surface area contributed by atoms with E-state index in [2.05, 4.69) is 20.9 Å². The number of hydrogen-bond acceptors (Lipinski definition) is 3. The van der Waals surface area contributed by atoms with Gasteiger partial charge in [0.1, 0.15) is 0 Å². The third-order valence-corrected chi connectivity index (χ3v) is 4.00. The van der Waals surface area contributed by atoms with E-state index in [0.717, 1.165) is 22.7 Å². The molecule has 2 nitrogen and oxygen atoms in total. The van der Waals surface area contributed by atoms with Crippen LogP contribution in [0.3, 0.4) is 0 Å². The summed E-state index contributed by atoms with van der Waals surface area (Å²) in [6.07, 6.45) is -3.95. The van der Waals surface area contributed by atoms with Crippen molar-refractivity contribution in [3.8, 4) is 0 Å². The molecular weight excluding hydrogens is 341 g/mol. The monoisotopic (exact) mass is 350 g/mol. The Morgan fingerprint density at radius 1 is 1.32 bits per heavy atom. The fourth-order valence-corrected chi connectivity index (χ4v) is 3.12. The molecule has 0 bridgehead atoms. The minimum Gasteiger partial charge on any atom is -0.375 e. The molecule has 0 aliphatic rings. The Balaban J connectivity index is 2.35. The van der Waals surface area contributed by atoms with Crippen molar-refractivity contribution in [2.24, 2.45) is 0 Å². The summed E-state index contributed by atoms with van der Waals surface area (Å²) < 4.78 is 38.6. The molecule has 0 aliphatic heterocycles. The van der Waals surface area contributed by atoms with Crippen LogP contribution in [-0.4, -0.2) is 4.98 Å². The molecule has 19 heavy (non-hydrogen) atoms. The quantitative estimate of drug-likeness (QED) is 0.871. The number of aromatic nitrogens is 1.